The van der Waals surface area contributed by atoms with Crippen LogP contribution in [0.3, 0.4) is 0 Å². The largest absolute Gasteiger partial charge is 0.497 e. The maximum atomic E-state index is 12.7. The van der Waals surface area contributed by atoms with Gasteiger partial charge >= 0.3 is 5.97 Å². The van der Waals surface area contributed by atoms with Crippen LogP contribution in [-0.2, 0) is 20.9 Å². The molecule has 0 radical (unpaired) electrons. The number of methoxy groups -OCH3 is 2. The second kappa shape index (κ2) is 9.38. The molecule has 0 bridgehead atoms. The molecule has 0 aromatic heterocycles. The van der Waals surface area contributed by atoms with Gasteiger partial charge in [0.05, 0.1) is 19.8 Å². The quantitative estimate of drug-likeness (QED) is 0.565. The molecule has 0 aliphatic heterocycles. The van der Waals surface area contributed by atoms with Gasteiger partial charge in [-0.1, -0.05) is 30.3 Å². The molecule has 142 valence electrons. The summed E-state index contributed by atoms with van der Waals surface area (Å²) in [5.74, 6) is -1.30. The fourth-order valence-corrected chi connectivity index (χ4v) is 2.33. The molecule has 7 nitrogen and oxygen atoms in total. The lowest BCUT2D eigenvalue weighted by molar-refractivity contribution is -0.145. The van der Waals surface area contributed by atoms with Crippen molar-refractivity contribution in [3.8, 4) is 11.5 Å². The van der Waals surface area contributed by atoms with E-state index in [0.29, 0.717) is 11.5 Å². The Hall–Kier alpha value is -3.35. The van der Waals surface area contributed by atoms with E-state index in [1.165, 1.54) is 20.1 Å². The van der Waals surface area contributed by atoms with E-state index >= 15 is 0 Å². The summed E-state index contributed by atoms with van der Waals surface area (Å²) in [6.07, 6.45) is 0. The summed E-state index contributed by atoms with van der Waals surface area (Å²) in [5, 5.41) is 2.37. The van der Waals surface area contributed by atoms with Crippen LogP contribution < -0.4 is 14.8 Å². The number of hydrogen-bond donors (Lipinski definition) is 1. The minimum absolute atomic E-state index is 0.139. The van der Waals surface area contributed by atoms with E-state index in [-0.39, 0.29) is 12.2 Å². The molecular weight excluding hydrogens is 350 g/mol. The van der Waals surface area contributed by atoms with Crippen molar-refractivity contribution in [3.63, 3.8) is 0 Å². The Labute approximate surface area is 157 Å². The van der Waals surface area contributed by atoms with Crippen LogP contribution in [0, 0.1) is 0 Å². The lowest BCUT2D eigenvalue weighted by atomic mass is 10.1. The Kier molecular flexibility index (Phi) is 6.93. The third-order valence-electron chi connectivity index (χ3n) is 3.79. The normalized spacial score (nSPS) is 11.2. The summed E-state index contributed by atoms with van der Waals surface area (Å²) in [7, 11) is 2.61. The summed E-state index contributed by atoms with van der Waals surface area (Å²) in [4.78, 5) is 36.1. The van der Waals surface area contributed by atoms with Gasteiger partial charge in [0, 0.05) is 0 Å². The van der Waals surface area contributed by atoms with Gasteiger partial charge in [-0.15, -0.1) is 0 Å². The lowest BCUT2D eigenvalue weighted by Crippen LogP contribution is -2.46. The summed E-state index contributed by atoms with van der Waals surface area (Å²) < 4.78 is 15.5. The van der Waals surface area contributed by atoms with Gasteiger partial charge in [0.15, 0.2) is 11.8 Å². The average Bonchev–Trinajstić information content (AvgIpc) is 2.70. The SMILES string of the molecule is COC(=O)C(NC(=O)c1cc(OC)ccc1OCc1ccccc1)C(C)=O. The first-order valence-corrected chi connectivity index (χ1v) is 8.20. The third-order valence-corrected chi connectivity index (χ3v) is 3.79. The number of Topliss-reactive ketones (excluding diaryl/α,β-unsaturated/α-hetero) is 1. The molecule has 1 N–H and O–H groups in total. The van der Waals surface area contributed by atoms with Gasteiger partial charge in [0.2, 0.25) is 0 Å². The molecule has 0 aliphatic carbocycles. The Morgan fingerprint density at radius 1 is 1.04 bits per heavy atom. The number of benzene rings is 2. The molecule has 27 heavy (non-hydrogen) atoms. The van der Waals surface area contributed by atoms with Crippen LogP contribution >= 0.6 is 0 Å². The van der Waals surface area contributed by atoms with Gasteiger partial charge in [0.1, 0.15) is 18.1 Å². The van der Waals surface area contributed by atoms with E-state index in [1.807, 2.05) is 30.3 Å². The zero-order chi connectivity index (χ0) is 19.8. The van der Waals surface area contributed by atoms with Gasteiger partial charge in [0.25, 0.3) is 5.91 Å². The number of nitrogens with one attached hydrogen (secondary N) is 1. The van der Waals surface area contributed by atoms with Crippen molar-refractivity contribution in [1.82, 2.24) is 5.32 Å². The van der Waals surface area contributed by atoms with E-state index in [4.69, 9.17) is 9.47 Å². The van der Waals surface area contributed by atoms with Crippen molar-refractivity contribution >= 4 is 17.7 Å². The van der Waals surface area contributed by atoms with Crippen LogP contribution in [0.15, 0.2) is 48.5 Å². The second-order valence-electron chi connectivity index (χ2n) is 5.68. The zero-order valence-corrected chi connectivity index (χ0v) is 15.4. The van der Waals surface area contributed by atoms with Crippen LogP contribution in [0.5, 0.6) is 11.5 Å². The van der Waals surface area contributed by atoms with Crippen LogP contribution in [-0.4, -0.2) is 37.9 Å². The maximum absolute atomic E-state index is 12.7. The molecule has 0 saturated heterocycles. The average molecular weight is 371 g/mol. The predicted octanol–water partition coefficient (Wildman–Crippen LogP) is 2.13. The minimum atomic E-state index is -1.39. The number of rotatable bonds is 8. The summed E-state index contributed by atoms with van der Waals surface area (Å²) in [5.41, 5.74) is 1.07. The van der Waals surface area contributed by atoms with Gasteiger partial charge in [-0.05, 0) is 30.7 Å². The first-order valence-electron chi connectivity index (χ1n) is 8.20. The molecule has 0 saturated carbocycles. The van der Waals surface area contributed by atoms with Crippen molar-refractivity contribution in [3.05, 3.63) is 59.7 Å². The van der Waals surface area contributed by atoms with Crippen molar-refractivity contribution in [2.45, 2.75) is 19.6 Å². The van der Waals surface area contributed by atoms with Gasteiger partial charge in [-0.2, -0.15) is 0 Å². The van der Waals surface area contributed by atoms with E-state index in [0.717, 1.165) is 12.7 Å². The predicted molar refractivity (Wildman–Crippen MR) is 97.7 cm³/mol. The fraction of sp³-hybridized carbons (Fsp3) is 0.250. The number of carbonyl (C=O) groups is 3. The number of hydrogen-bond acceptors (Lipinski definition) is 6. The lowest BCUT2D eigenvalue weighted by Gasteiger charge is -2.16. The molecule has 2 aromatic carbocycles. The molecule has 1 amide bonds. The summed E-state index contributed by atoms with van der Waals surface area (Å²) >= 11 is 0. The Bertz CT molecular complexity index is 818. The number of ketones is 1. The molecule has 1 unspecified atom stereocenters. The van der Waals surface area contributed by atoms with Crippen LogP contribution in [0.4, 0.5) is 0 Å². The highest BCUT2D eigenvalue weighted by atomic mass is 16.5. The standard InChI is InChI=1S/C20H21NO6/c1-13(22)18(20(24)26-3)21-19(23)16-11-15(25-2)9-10-17(16)27-12-14-7-5-4-6-8-14/h4-11,18H,12H2,1-3H3,(H,21,23). The molecule has 2 rings (SSSR count). The number of carbonyl (C=O) groups excluding carboxylic acids is 3. The Balaban J connectivity index is 2.25. The molecule has 7 heteroatoms. The molecule has 0 fully saturated rings. The third kappa shape index (κ3) is 5.31. The fourth-order valence-electron chi connectivity index (χ4n) is 2.33. The molecule has 2 aromatic rings. The van der Waals surface area contributed by atoms with Crippen LogP contribution in [0.2, 0.25) is 0 Å². The highest BCUT2D eigenvalue weighted by Crippen LogP contribution is 2.25. The Morgan fingerprint density at radius 3 is 2.33 bits per heavy atom. The van der Waals surface area contributed by atoms with Crippen molar-refractivity contribution in [2.24, 2.45) is 0 Å². The van der Waals surface area contributed by atoms with Crippen LogP contribution in [0.1, 0.15) is 22.8 Å². The van der Waals surface area contributed by atoms with Crippen molar-refractivity contribution in [2.75, 3.05) is 14.2 Å². The highest BCUT2D eigenvalue weighted by molar-refractivity contribution is 6.08. The first-order chi connectivity index (χ1) is 13.0. The smallest absolute Gasteiger partial charge is 0.336 e. The van der Waals surface area contributed by atoms with E-state index in [1.54, 1.807) is 12.1 Å². The molecule has 0 aliphatic rings. The van der Waals surface area contributed by atoms with E-state index in [9.17, 15) is 14.4 Å². The monoisotopic (exact) mass is 371 g/mol. The van der Waals surface area contributed by atoms with Gasteiger partial charge in [-0.3, -0.25) is 9.59 Å². The van der Waals surface area contributed by atoms with Crippen molar-refractivity contribution < 1.29 is 28.6 Å². The second-order valence-corrected chi connectivity index (χ2v) is 5.68. The van der Waals surface area contributed by atoms with E-state index < -0.39 is 23.7 Å². The topological polar surface area (TPSA) is 90.9 Å². The molecule has 1 atom stereocenters. The number of esters is 1. The number of ether oxygens (including phenoxy) is 3. The van der Waals surface area contributed by atoms with Crippen LogP contribution in [0.25, 0.3) is 0 Å². The molecule has 0 spiro atoms. The number of amides is 1. The Morgan fingerprint density at radius 2 is 1.74 bits per heavy atom. The van der Waals surface area contributed by atoms with E-state index in [2.05, 4.69) is 10.1 Å². The van der Waals surface area contributed by atoms with Gasteiger partial charge in [-0.25, -0.2) is 4.79 Å². The highest BCUT2D eigenvalue weighted by Gasteiger charge is 2.28. The molecular formula is C20H21NO6. The summed E-state index contributed by atoms with van der Waals surface area (Å²) in [6.45, 7) is 1.45. The maximum Gasteiger partial charge on any atom is 0.336 e. The van der Waals surface area contributed by atoms with Gasteiger partial charge < -0.3 is 19.5 Å². The minimum Gasteiger partial charge on any atom is -0.497 e. The zero-order valence-electron chi connectivity index (χ0n) is 15.4. The summed E-state index contributed by atoms with van der Waals surface area (Å²) in [6, 6.07) is 12.8. The first kappa shape index (κ1) is 20.0. The molecule has 0 heterocycles. The van der Waals surface area contributed by atoms with Crippen molar-refractivity contribution in [1.29, 1.82) is 0 Å².